The zero-order valence-corrected chi connectivity index (χ0v) is 11.1. The van der Waals surface area contributed by atoms with Crippen LogP contribution in [0.25, 0.3) is 0 Å². The molecule has 0 aromatic heterocycles. The Kier molecular flexibility index (Phi) is 6.06. The van der Waals surface area contributed by atoms with Crippen LogP contribution in [0.1, 0.15) is 32.3 Å². The van der Waals surface area contributed by atoms with Crippen molar-refractivity contribution in [2.75, 3.05) is 13.7 Å². The van der Waals surface area contributed by atoms with Gasteiger partial charge in [0.2, 0.25) is 0 Å². The van der Waals surface area contributed by atoms with Gasteiger partial charge in [0.1, 0.15) is 5.75 Å². The highest BCUT2D eigenvalue weighted by Crippen LogP contribution is 2.20. The molecule has 0 radical (unpaired) electrons. The number of benzene rings is 1. The minimum absolute atomic E-state index is 0.268. The molecule has 1 N–H and O–H groups in total. The average molecular weight is 236 g/mol. The second-order valence-electron chi connectivity index (χ2n) is 5.08. The Morgan fingerprint density at radius 1 is 1.24 bits per heavy atom. The lowest BCUT2D eigenvalue weighted by atomic mass is 9.92. The van der Waals surface area contributed by atoms with Crippen LogP contribution in [0.3, 0.4) is 0 Å². The summed E-state index contributed by atoms with van der Waals surface area (Å²) in [6.07, 6.45) is 3.20. The van der Waals surface area contributed by atoms with E-state index in [1.54, 1.807) is 7.11 Å². The quantitative estimate of drug-likeness (QED) is 0.787. The number of aliphatic hydroxyl groups excluding tert-OH is 1. The summed E-state index contributed by atoms with van der Waals surface area (Å²) >= 11 is 0. The summed E-state index contributed by atoms with van der Waals surface area (Å²) in [5, 5.41) is 9.40. The predicted octanol–water partition coefficient (Wildman–Crippen LogP) is 3.28. The first-order chi connectivity index (χ1) is 8.15. The molecule has 0 saturated heterocycles. The molecular weight excluding hydrogens is 212 g/mol. The average Bonchev–Trinajstić information content (AvgIpc) is 2.34. The van der Waals surface area contributed by atoms with E-state index in [0.29, 0.717) is 11.8 Å². The van der Waals surface area contributed by atoms with Crippen LogP contribution in [0, 0.1) is 11.8 Å². The SMILES string of the molecule is COc1cccc(CC(CO)CCC(C)C)c1. The normalized spacial score (nSPS) is 12.8. The lowest BCUT2D eigenvalue weighted by Gasteiger charge is -2.15. The summed E-state index contributed by atoms with van der Waals surface area (Å²) in [7, 11) is 1.68. The maximum absolute atomic E-state index is 9.40. The summed E-state index contributed by atoms with van der Waals surface area (Å²) in [5.74, 6) is 1.96. The fraction of sp³-hybridized carbons (Fsp3) is 0.600. The van der Waals surface area contributed by atoms with Gasteiger partial charge in [-0.05, 0) is 42.4 Å². The van der Waals surface area contributed by atoms with Gasteiger partial charge in [0.15, 0.2) is 0 Å². The van der Waals surface area contributed by atoms with Crippen LogP contribution < -0.4 is 4.74 Å². The van der Waals surface area contributed by atoms with E-state index in [-0.39, 0.29) is 6.61 Å². The largest absolute Gasteiger partial charge is 0.497 e. The molecule has 0 saturated carbocycles. The molecule has 0 amide bonds. The summed E-state index contributed by atoms with van der Waals surface area (Å²) in [6.45, 7) is 4.71. The number of hydrogen-bond donors (Lipinski definition) is 1. The molecule has 96 valence electrons. The van der Waals surface area contributed by atoms with E-state index < -0.39 is 0 Å². The highest BCUT2D eigenvalue weighted by molar-refractivity contribution is 5.28. The highest BCUT2D eigenvalue weighted by Gasteiger charge is 2.10. The third kappa shape index (κ3) is 5.22. The molecule has 0 aliphatic rings. The summed E-state index contributed by atoms with van der Waals surface area (Å²) in [4.78, 5) is 0. The van der Waals surface area contributed by atoms with Crippen LogP contribution in [0.2, 0.25) is 0 Å². The molecular formula is C15H24O2. The van der Waals surface area contributed by atoms with Crippen LogP contribution in [0.5, 0.6) is 5.75 Å². The van der Waals surface area contributed by atoms with Gasteiger partial charge in [-0.2, -0.15) is 0 Å². The van der Waals surface area contributed by atoms with Crippen molar-refractivity contribution in [2.24, 2.45) is 11.8 Å². The molecule has 0 spiro atoms. The number of hydrogen-bond acceptors (Lipinski definition) is 2. The van der Waals surface area contributed by atoms with Crippen molar-refractivity contribution in [3.05, 3.63) is 29.8 Å². The van der Waals surface area contributed by atoms with Crippen LogP contribution in [-0.4, -0.2) is 18.8 Å². The van der Waals surface area contributed by atoms with Gasteiger partial charge in [-0.25, -0.2) is 0 Å². The Morgan fingerprint density at radius 3 is 2.59 bits per heavy atom. The van der Waals surface area contributed by atoms with Crippen LogP contribution in [-0.2, 0) is 6.42 Å². The second kappa shape index (κ2) is 7.33. The van der Waals surface area contributed by atoms with E-state index in [0.717, 1.165) is 18.6 Å². The van der Waals surface area contributed by atoms with E-state index in [2.05, 4.69) is 26.0 Å². The topological polar surface area (TPSA) is 29.5 Å². The lowest BCUT2D eigenvalue weighted by molar-refractivity contribution is 0.211. The van der Waals surface area contributed by atoms with Gasteiger partial charge in [-0.3, -0.25) is 0 Å². The van der Waals surface area contributed by atoms with Gasteiger partial charge < -0.3 is 9.84 Å². The van der Waals surface area contributed by atoms with Gasteiger partial charge in [-0.1, -0.05) is 32.4 Å². The molecule has 2 heteroatoms. The summed E-state index contributed by atoms with van der Waals surface area (Å²) in [5.41, 5.74) is 1.24. The molecule has 0 heterocycles. The van der Waals surface area contributed by atoms with Crippen LogP contribution in [0.15, 0.2) is 24.3 Å². The number of methoxy groups -OCH3 is 1. The molecule has 1 atom stereocenters. The monoisotopic (exact) mass is 236 g/mol. The number of rotatable bonds is 7. The fourth-order valence-electron chi connectivity index (χ4n) is 1.96. The Balaban J connectivity index is 2.54. The highest BCUT2D eigenvalue weighted by atomic mass is 16.5. The molecule has 0 fully saturated rings. The van der Waals surface area contributed by atoms with Crippen molar-refractivity contribution in [3.63, 3.8) is 0 Å². The van der Waals surface area contributed by atoms with Gasteiger partial charge in [0, 0.05) is 6.61 Å². The summed E-state index contributed by atoms with van der Waals surface area (Å²) < 4.78 is 5.21. The standard InChI is InChI=1S/C15H24O2/c1-12(2)7-8-14(11-16)9-13-5-4-6-15(10-13)17-3/h4-6,10,12,14,16H,7-9,11H2,1-3H3. The molecule has 1 aromatic carbocycles. The third-order valence-corrected chi connectivity index (χ3v) is 3.07. The van der Waals surface area contributed by atoms with Crippen molar-refractivity contribution in [1.82, 2.24) is 0 Å². The molecule has 0 aliphatic heterocycles. The van der Waals surface area contributed by atoms with Crippen molar-refractivity contribution in [2.45, 2.75) is 33.1 Å². The second-order valence-corrected chi connectivity index (χ2v) is 5.08. The first-order valence-electron chi connectivity index (χ1n) is 6.39. The Bertz CT molecular complexity index is 320. The van der Waals surface area contributed by atoms with E-state index in [1.807, 2.05) is 12.1 Å². The van der Waals surface area contributed by atoms with Gasteiger partial charge >= 0.3 is 0 Å². The molecule has 0 aliphatic carbocycles. The Hall–Kier alpha value is -1.02. The lowest BCUT2D eigenvalue weighted by Crippen LogP contribution is -2.10. The van der Waals surface area contributed by atoms with Crippen molar-refractivity contribution in [3.8, 4) is 5.75 Å². The maximum Gasteiger partial charge on any atom is 0.119 e. The fourth-order valence-corrected chi connectivity index (χ4v) is 1.96. The van der Waals surface area contributed by atoms with Crippen molar-refractivity contribution < 1.29 is 9.84 Å². The zero-order chi connectivity index (χ0) is 12.7. The molecule has 1 aromatic rings. The number of aliphatic hydroxyl groups is 1. The van der Waals surface area contributed by atoms with E-state index >= 15 is 0 Å². The van der Waals surface area contributed by atoms with Crippen LogP contribution >= 0.6 is 0 Å². The first-order valence-corrected chi connectivity index (χ1v) is 6.39. The Morgan fingerprint density at radius 2 is 2.00 bits per heavy atom. The molecule has 17 heavy (non-hydrogen) atoms. The Labute approximate surface area is 105 Å². The maximum atomic E-state index is 9.40. The smallest absolute Gasteiger partial charge is 0.119 e. The van der Waals surface area contributed by atoms with E-state index in [9.17, 15) is 5.11 Å². The van der Waals surface area contributed by atoms with E-state index in [4.69, 9.17) is 4.74 Å². The minimum atomic E-state index is 0.268. The molecule has 1 rings (SSSR count). The number of ether oxygens (including phenoxy) is 1. The van der Waals surface area contributed by atoms with E-state index in [1.165, 1.54) is 12.0 Å². The molecule has 2 nitrogen and oxygen atoms in total. The van der Waals surface area contributed by atoms with Gasteiger partial charge in [0.05, 0.1) is 7.11 Å². The van der Waals surface area contributed by atoms with Crippen LogP contribution in [0.4, 0.5) is 0 Å². The van der Waals surface area contributed by atoms with Gasteiger partial charge in [0.25, 0.3) is 0 Å². The minimum Gasteiger partial charge on any atom is -0.497 e. The van der Waals surface area contributed by atoms with Crippen molar-refractivity contribution in [1.29, 1.82) is 0 Å². The summed E-state index contributed by atoms with van der Waals surface area (Å²) in [6, 6.07) is 8.11. The van der Waals surface area contributed by atoms with Gasteiger partial charge in [-0.15, -0.1) is 0 Å². The first kappa shape index (κ1) is 14.0. The third-order valence-electron chi connectivity index (χ3n) is 3.07. The van der Waals surface area contributed by atoms with Crippen molar-refractivity contribution >= 4 is 0 Å². The molecule has 0 bridgehead atoms. The zero-order valence-electron chi connectivity index (χ0n) is 11.1. The predicted molar refractivity (Wildman–Crippen MR) is 71.3 cm³/mol. The molecule has 1 unspecified atom stereocenters.